The van der Waals surface area contributed by atoms with Crippen LogP contribution in [0.1, 0.15) is 24.8 Å². The van der Waals surface area contributed by atoms with Crippen molar-refractivity contribution in [2.75, 3.05) is 0 Å². The third-order valence-corrected chi connectivity index (χ3v) is 2.70. The fourth-order valence-electron chi connectivity index (χ4n) is 1.02. The van der Waals surface area contributed by atoms with Gasteiger partial charge in [0, 0.05) is 4.88 Å². The second-order valence-corrected chi connectivity index (χ2v) is 3.72. The van der Waals surface area contributed by atoms with E-state index < -0.39 is 0 Å². The van der Waals surface area contributed by atoms with E-state index in [0.29, 0.717) is 0 Å². The third-order valence-electron chi connectivity index (χ3n) is 1.65. The largest absolute Gasteiger partial charge is 0.345 e. The molecule has 0 aromatic carbocycles. The van der Waals surface area contributed by atoms with Crippen LogP contribution in [0.15, 0.2) is 29.7 Å². The minimum Gasteiger partial charge on any atom is -0.345 e. The number of hydrogen-bond donors (Lipinski definition) is 1. The summed E-state index contributed by atoms with van der Waals surface area (Å²) in [5.74, 6) is -0.0385. The number of amides is 1. The lowest BCUT2D eigenvalue weighted by Crippen LogP contribution is -2.23. The van der Waals surface area contributed by atoms with Crippen LogP contribution >= 0.6 is 11.3 Å². The van der Waals surface area contributed by atoms with Crippen molar-refractivity contribution in [3.05, 3.63) is 34.5 Å². The average Bonchev–Trinajstić information content (AvgIpc) is 2.55. The summed E-state index contributed by atoms with van der Waals surface area (Å²) >= 11 is 1.65. The maximum atomic E-state index is 11.2. The predicted molar refractivity (Wildman–Crippen MR) is 55.7 cm³/mol. The van der Waals surface area contributed by atoms with Crippen LogP contribution in [-0.2, 0) is 4.79 Å². The second-order valence-electron chi connectivity index (χ2n) is 2.75. The number of allylic oxidation sites excluding steroid dienone is 1. The summed E-state index contributed by atoms with van der Waals surface area (Å²) in [5, 5.41) is 4.88. The van der Waals surface area contributed by atoms with E-state index in [0.717, 1.165) is 0 Å². The van der Waals surface area contributed by atoms with E-state index in [-0.39, 0.29) is 11.9 Å². The maximum absolute atomic E-state index is 11.2. The highest BCUT2D eigenvalue weighted by Gasteiger charge is 2.06. The van der Waals surface area contributed by atoms with E-state index in [2.05, 4.69) is 5.32 Å². The molecule has 0 bridgehead atoms. The van der Waals surface area contributed by atoms with Gasteiger partial charge in [-0.25, -0.2) is 0 Å². The summed E-state index contributed by atoms with van der Waals surface area (Å²) in [6.45, 7) is 3.81. The average molecular weight is 195 g/mol. The molecule has 1 aromatic heterocycles. The third kappa shape index (κ3) is 3.03. The Bertz CT molecular complexity index is 290. The zero-order valence-corrected chi connectivity index (χ0v) is 8.60. The minimum absolute atomic E-state index is 0.0385. The first-order chi connectivity index (χ1) is 6.24. The number of carbonyl (C=O) groups is 1. The van der Waals surface area contributed by atoms with Gasteiger partial charge in [-0.2, -0.15) is 0 Å². The van der Waals surface area contributed by atoms with E-state index in [9.17, 15) is 4.79 Å². The Labute approximate surface area is 82.3 Å². The van der Waals surface area contributed by atoms with Crippen LogP contribution in [0.2, 0.25) is 0 Å². The van der Waals surface area contributed by atoms with Crippen LogP contribution in [0.4, 0.5) is 0 Å². The van der Waals surface area contributed by atoms with E-state index >= 15 is 0 Å². The van der Waals surface area contributed by atoms with Crippen molar-refractivity contribution >= 4 is 17.2 Å². The molecular weight excluding hydrogens is 182 g/mol. The number of hydrogen-bond acceptors (Lipinski definition) is 2. The molecule has 0 aliphatic heterocycles. The summed E-state index contributed by atoms with van der Waals surface area (Å²) in [4.78, 5) is 12.3. The van der Waals surface area contributed by atoms with E-state index in [1.807, 2.05) is 31.4 Å². The molecule has 1 atom stereocenters. The Balaban J connectivity index is 2.51. The minimum atomic E-state index is -0.0385. The highest BCUT2D eigenvalue weighted by molar-refractivity contribution is 7.10. The fourth-order valence-corrected chi connectivity index (χ4v) is 1.76. The number of thiophene rings is 1. The van der Waals surface area contributed by atoms with Gasteiger partial charge in [0.15, 0.2) is 0 Å². The Morgan fingerprint density at radius 3 is 3.00 bits per heavy atom. The standard InChI is InChI=1S/C10H13NOS/c1-3-5-10(12)11-8(2)9-6-4-7-13-9/h3-8H,1-2H3,(H,11,12)/b5-3+/t8-/m1/s1. The molecule has 1 amide bonds. The fraction of sp³-hybridized carbons (Fsp3) is 0.300. The molecule has 3 heteroatoms. The van der Waals surface area contributed by atoms with Gasteiger partial charge < -0.3 is 5.32 Å². The molecule has 0 spiro atoms. The van der Waals surface area contributed by atoms with Gasteiger partial charge in [0.05, 0.1) is 6.04 Å². The summed E-state index contributed by atoms with van der Waals surface area (Å²) in [5.41, 5.74) is 0. The first kappa shape index (κ1) is 9.99. The predicted octanol–water partition coefficient (Wildman–Crippen LogP) is 2.50. The molecular formula is C10H13NOS. The first-order valence-corrected chi connectivity index (χ1v) is 5.08. The summed E-state index contributed by atoms with van der Waals surface area (Å²) < 4.78 is 0. The molecule has 13 heavy (non-hydrogen) atoms. The van der Waals surface area contributed by atoms with Gasteiger partial charge in [0.2, 0.25) is 5.91 Å². The van der Waals surface area contributed by atoms with Crippen molar-refractivity contribution in [2.24, 2.45) is 0 Å². The number of rotatable bonds is 3. The highest BCUT2D eigenvalue weighted by atomic mass is 32.1. The molecule has 0 saturated heterocycles. The van der Waals surface area contributed by atoms with Crippen LogP contribution in [0.3, 0.4) is 0 Å². The van der Waals surface area contributed by atoms with Crippen LogP contribution in [0, 0.1) is 0 Å². The van der Waals surface area contributed by atoms with Gasteiger partial charge in [0.1, 0.15) is 0 Å². The van der Waals surface area contributed by atoms with Gasteiger partial charge >= 0.3 is 0 Å². The Kier molecular flexibility index (Phi) is 3.71. The van der Waals surface area contributed by atoms with Gasteiger partial charge in [-0.3, -0.25) is 4.79 Å². The van der Waals surface area contributed by atoms with Crippen LogP contribution in [-0.4, -0.2) is 5.91 Å². The van der Waals surface area contributed by atoms with E-state index in [1.54, 1.807) is 17.4 Å². The molecule has 0 unspecified atom stereocenters. The quantitative estimate of drug-likeness (QED) is 0.738. The van der Waals surface area contributed by atoms with E-state index in [1.165, 1.54) is 11.0 Å². The SMILES string of the molecule is C/C=C/C(=O)N[C@H](C)c1cccs1. The lowest BCUT2D eigenvalue weighted by Gasteiger charge is -2.09. The van der Waals surface area contributed by atoms with Crippen molar-refractivity contribution in [3.8, 4) is 0 Å². The van der Waals surface area contributed by atoms with Gasteiger partial charge in [0.25, 0.3) is 0 Å². The van der Waals surface area contributed by atoms with Crippen LogP contribution in [0.5, 0.6) is 0 Å². The monoisotopic (exact) mass is 195 g/mol. The molecule has 1 rings (SSSR count). The number of nitrogens with one attached hydrogen (secondary N) is 1. The lowest BCUT2D eigenvalue weighted by atomic mass is 10.3. The van der Waals surface area contributed by atoms with Crippen molar-refractivity contribution in [2.45, 2.75) is 19.9 Å². The molecule has 0 saturated carbocycles. The molecule has 0 aliphatic rings. The van der Waals surface area contributed by atoms with Crippen molar-refractivity contribution in [1.29, 1.82) is 0 Å². The zero-order valence-electron chi connectivity index (χ0n) is 7.78. The molecule has 0 aliphatic carbocycles. The number of carbonyl (C=O) groups excluding carboxylic acids is 1. The van der Waals surface area contributed by atoms with Crippen LogP contribution < -0.4 is 5.32 Å². The molecule has 0 fully saturated rings. The molecule has 1 N–H and O–H groups in total. The second kappa shape index (κ2) is 4.82. The lowest BCUT2D eigenvalue weighted by molar-refractivity contribution is -0.117. The summed E-state index contributed by atoms with van der Waals surface area (Å²) in [7, 11) is 0. The van der Waals surface area contributed by atoms with Gasteiger partial charge in [-0.1, -0.05) is 12.1 Å². The Morgan fingerprint density at radius 2 is 2.46 bits per heavy atom. The van der Waals surface area contributed by atoms with E-state index in [4.69, 9.17) is 0 Å². The highest BCUT2D eigenvalue weighted by Crippen LogP contribution is 2.17. The summed E-state index contributed by atoms with van der Waals surface area (Å²) in [6.07, 6.45) is 3.26. The van der Waals surface area contributed by atoms with Crippen LogP contribution in [0.25, 0.3) is 0 Å². The molecule has 1 heterocycles. The molecule has 2 nitrogen and oxygen atoms in total. The molecule has 70 valence electrons. The maximum Gasteiger partial charge on any atom is 0.244 e. The van der Waals surface area contributed by atoms with Crippen molar-refractivity contribution in [3.63, 3.8) is 0 Å². The van der Waals surface area contributed by atoms with Crippen molar-refractivity contribution in [1.82, 2.24) is 5.32 Å². The van der Waals surface area contributed by atoms with Gasteiger partial charge in [-0.05, 0) is 31.4 Å². The van der Waals surface area contributed by atoms with Crippen molar-refractivity contribution < 1.29 is 4.79 Å². The topological polar surface area (TPSA) is 29.1 Å². The normalized spacial score (nSPS) is 13.1. The smallest absolute Gasteiger partial charge is 0.244 e. The summed E-state index contributed by atoms with van der Waals surface area (Å²) in [6, 6.07) is 4.10. The zero-order chi connectivity index (χ0) is 9.68. The molecule has 1 aromatic rings. The Morgan fingerprint density at radius 1 is 1.69 bits per heavy atom. The Hall–Kier alpha value is -1.09. The van der Waals surface area contributed by atoms with Gasteiger partial charge in [-0.15, -0.1) is 11.3 Å². The first-order valence-electron chi connectivity index (χ1n) is 4.20. The molecule has 0 radical (unpaired) electrons.